The number of carbonyl (C=O) groups is 1. The predicted molar refractivity (Wildman–Crippen MR) is 43.5 cm³/mol. The van der Waals surface area contributed by atoms with E-state index in [-0.39, 0.29) is 5.92 Å². The first-order valence-electron chi connectivity index (χ1n) is 4.32. The summed E-state index contributed by atoms with van der Waals surface area (Å²) in [4.78, 5) is 10.5. The molecule has 0 aliphatic heterocycles. The van der Waals surface area contributed by atoms with Crippen molar-refractivity contribution in [1.82, 2.24) is 0 Å². The van der Waals surface area contributed by atoms with Gasteiger partial charge in [0.15, 0.2) is 0 Å². The number of rotatable bonds is 5. The average Bonchev–Trinajstić information content (AvgIpc) is 1.99. The largest absolute Gasteiger partial charge is 0.358 e. The fourth-order valence-electron chi connectivity index (χ4n) is 1.08. The molecule has 0 rings (SSSR count). The molecule has 11 heavy (non-hydrogen) atoms. The van der Waals surface area contributed by atoms with Crippen molar-refractivity contribution in [3.8, 4) is 0 Å². The third kappa shape index (κ3) is 4.02. The Bertz CT molecular complexity index is 121. The van der Waals surface area contributed by atoms with E-state index in [9.17, 15) is 9.90 Å². The van der Waals surface area contributed by atoms with Crippen molar-refractivity contribution in [2.45, 2.75) is 40.0 Å². The Kier molecular flexibility index (Phi) is 4.92. The van der Waals surface area contributed by atoms with Gasteiger partial charge < -0.3 is 0 Å². The van der Waals surface area contributed by atoms with Crippen LogP contribution in [0.25, 0.3) is 0 Å². The third-order valence-electron chi connectivity index (χ3n) is 2.21. The quantitative estimate of drug-likeness (QED) is 0.603. The molecule has 2 heteroatoms. The maximum atomic E-state index is 10.5. The van der Waals surface area contributed by atoms with Crippen molar-refractivity contribution in [1.29, 1.82) is 0 Å². The zero-order chi connectivity index (χ0) is 8.85. The summed E-state index contributed by atoms with van der Waals surface area (Å²) in [5.74, 6) is -0.643. The summed E-state index contributed by atoms with van der Waals surface area (Å²) in [6, 6.07) is 0. The van der Waals surface area contributed by atoms with Gasteiger partial charge in [-0.25, -0.2) is 9.90 Å². The highest BCUT2D eigenvalue weighted by atomic mass is 16.4. The van der Waals surface area contributed by atoms with E-state index >= 15 is 0 Å². The van der Waals surface area contributed by atoms with Crippen LogP contribution in [-0.4, -0.2) is 5.97 Å². The minimum atomic E-state index is -0.896. The summed E-state index contributed by atoms with van der Waals surface area (Å²) < 4.78 is 0. The molecule has 0 aromatic rings. The van der Waals surface area contributed by atoms with Crippen molar-refractivity contribution < 1.29 is 9.90 Å². The topological polar surface area (TPSA) is 37.0 Å². The second-order valence-corrected chi connectivity index (χ2v) is 3.17. The minimum Gasteiger partial charge on any atom is -0.247 e. The van der Waals surface area contributed by atoms with Gasteiger partial charge in [0, 0.05) is 0 Å². The molecule has 0 fully saturated rings. The van der Waals surface area contributed by atoms with E-state index in [1.807, 2.05) is 6.92 Å². The Hall–Kier alpha value is -0.530. The standard InChI is InChI=1S/C9H17O2/c1-4-7(3)6-8(5-2)9(10)11/h7-8H,4-6H2,1-3H3. The van der Waals surface area contributed by atoms with Crippen LogP contribution >= 0.6 is 0 Å². The van der Waals surface area contributed by atoms with Crippen LogP contribution < -0.4 is 0 Å². The van der Waals surface area contributed by atoms with Crippen LogP contribution in [0, 0.1) is 11.8 Å². The summed E-state index contributed by atoms with van der Waals surface area (Å²) in [6.45, 7) is 6.04. The maximum absolute atomic E-state index is 10.5. The van der Waals surface area contributed by atoms with Gasteiger partial charge >= 0.3 is 5.97 Å². The predicted octanol–water partition coefficient (Wildman–Crippen LogP) is 2.41. The van der Waals surface area contributed by atoms with Gasteiger partial charge in [-0.3, -0.25) is 0 Å². The van der Waals surface area contributed by atoms with E-state index in [4.69, 9.17) is 0 Å². The van der Waals surface area contributed by atoms with Crippen LogP contribution in [0.4, 0.5) is 0 Å². The van der Waals surface area contributed by atoms with E-state index in [1.165, 1.54) is 0 Å². The first-order valence-corrected chi connectivity index (χ1v) is 4.32. The van der Waals surface area contributed by atoms with Crippen molar-refractivity contribution >= 4 is 5.97 Å². The Morgan fingerprint density at radius 2 is 1.82 bits per heavy atom. The molecule has 1 radical (unpaired) electrons. The normalized spacial score (nSPS) is 15.9. The average molecular weight is 157 g/mol. The van der Waals surface area contributed by atoms with Gasteiger partial charge in [-0.2, -0.15) is 0 Å². The van der Waals surface area contributed by atoms with Gasteiger partial charge in [0.1, 0.15) is 0 Å². The monoisotopic (exact) mass is 157 g/mol. The Morgan fingerprint density at radius 3 is 2.09 bits per heavy atom. The Labute approximate surface area is 68.6 Å². The molecular formula is C9H17O2. The van der Waals surface area contributed by atoms with Gasteiger partial charge in [0.05, 0.1) is 5.92 Å². The Morgan fingerprint density at radius 1 is 1.27 bits per heavy atom. The van der Waals surface area contributed by atoms with Crippen molar-refractivity contribution in [2.75, 3.05) is 0 Å². The summed E-state index contributed by atoms with van der Waals surface area (Å²) in [7, 11) is 0. The molecule has 0 aromatic carbocycles. The molecule has 0 spiro atoms. The van der Waals surface area contributed by atoms with Crippen molar-refractivity contribution in [3.05, 3.63) is 0 Å². The maximum Gasteiger partial charge on any atom is 0.358 e. The van der Waals surface area contributed by atoms with Gasteiger partial charge in [0.25, 0.3) is 0 Å². The number of carbonyl (C=O) groups excluding carboxylic acids is 1. The molecule has 2 atom stereocenters. The van der Waals surface area contributed by atoms with E-state index in [0.717, 1.165) is 12.8 Å². The molecule has 0 saturated heterocycles. The van der Waals surface area contributed by atoms with Crippen LogP contribution in [-0.2, 0) is 9.90 Å². The van der Waals surface area contributed by atoms with E-state index < -0.39 is 5.97 Å². The summed E-state index contributed by atoms with van der Waals surface area (Å²) >= 11 is 0. The van der Waals surface area contributed by atoms with Crippen LogP contribution in [0.2, 0.25) is 0 Å². The van der Waals surface area contributed by atoms with E-state index in [2.05, 4.69) is 13.8 Å². The van der Waals surface area contributed by atoms with Gasteiger partial charge in [-0.05, 0) is 18.8 Å². The van der Waals surface area contributed by atoms with Gasteiger partial charge in [0.2, 0.25) is 0 Å². The molecule has 0 N–H and O–H groups in total. The van der Waals surface area contributed by atoms with Gasteiger partial charge in [-0.15, -0.1) is 0 Å². The zero-order valence-electron chi connectivity index (χ0n) is 7.59. The third-order valence-corrected chi connectivity index (χ3v) is 2.21. The number of hydrogen-bond acceptors (Lipinski definition) is 1. The Balaban J connectivity index is 3.77. The fraction of sp³-hybridized carbons (Fsp3) is 0.889. The second kappa shape index (κ2) is 5.16. The molecule has 0 heterocycles. The van der Waals surface area contributed by atoms with Crippen molar-refractivity contribution in [3.63, 3.8) is 0 Å². The molecule has 65 valence electrons. The highest BCUT2D eigenvalue weighted by Gasteiger charge is 2.18. The lowest BCUT2D eigenvalue weighted by molar-refractivity contribution is -0.148. The minimum absolute atomic E-state index is 0.245. The van der Waals surface area contributed by atoms with Crippen LogP contribution in [0.1, 0.15) is 40.0 Å². The molecule has 0 aliphatic carbocycles. The molecule has 0 bridgehead atoms. The molecule has 0 aliphatic rings. The number of hydrogen-bond donors (Lipinski definition) is 0. The molecular weight excluding hydrogens is 140 g/mol. The lowest BCUT2D eigenvalue weighted by Crippen LogP contribution is -2.14. The lowest BCUT2D eigenvalue weighted by Gasteiger charge is -2.12. The van der Waals surface area contributed by atoms with Crippen LogP contribution in [0.3, 0.4) is 0 Å². The molecule has 0 aromatic heterocycles. The molecule has 2 nitrogen and oxygen atoms in total. The first kappa shape index (κ1) is 10.5. The van der Waals surface area contributed by atoms with Crippen LogP contribution in [0.5, 0.6) is 0 Å². The molecule has 0 amide bonds. The van der Waals surface area contributed by atoms with Crippen molar-refractivity contribution in [2.24, 2.45) is 11.8 Å². The highest BCUT2D eigenvalue weighted by molar-refractivity contribution is 5.69. The highest BCUT2D eigenvalue weighted by Crippen LogP contribution is 2.17. The molecule has 2 unspecified atom stereocenters. The second-order valence-electron chi connectivity index (χ2n) is 3.17. The zero-order valence-corrected chi connectivity index (χ0v) is 7.59. The fourth-order valence-corrected chi connectivity index (χ4v) is 1.08. The first-order chi connectivity index (χ1) is 5.11. The summed E-state index contributed by atoms with van der Waals surface area (Å²) in [5.41, 5.74) is 0. The lowest BCUT2D eigenvalue weighted by atomic mass is 9.92. The van der Waals surface area contributed by atoms with Crippen LogP contribution in [0.15, 0.2) is 0 Å². The summed E-state index contributed by atoms with van der Waals surface area (Å²) in [6.07, 6.45) is 2.49. The van der Waals surface area contributed by atoms with E-state index in [1.54, 1.807) is 0 Å². The smallest absolute Gasteiger partial charge is 0.247 e. The van der Waals surface area contributed by atoms with Gasteiger partial charge in [-0.1, -0.05) is 27.2 Å². The molecule has 0 saturated carbocycles. The van der Waals surface area contributed by atoms with E-state index in [0.29, 0.717) is 12.3 Å². The summed E-state index contributed by atoms with van der Waals surface area (Å²) in [5, 5.41) is 10.5. The SMILES string of the molecule is CCC(C)CC(CC)C([O])=O.